The predicted molar refractivity (Wildman–Crippen MR) is 87.1 cm³/mol. The summed E-state index contributed by atoms with van der Waals surface area (Å²) in [6.07, 6.45) is -4.28. The molecule has 0 amide bonds. The molecule has 0 aliphatic carbocycles. The van der Waals surface area contributed by atoms with E-state index in [0.717, 1.165) is 4.40 Å². The molecule has 138 valence electrons. The summed E-state index contributed by atoms with van der Waals surface area (Å²) in [5, 5.41) is 16.1. The number of alkyl halides is 3. The number of esters is 1. The van der Waals surface area contributed by atoms with Crippen molar-refractivity contribution in [2.45, 2.75) is 17.6 Å². The van der Waals surface area contributed by atoms with Crippen LogP contribution < -0.4 is 0 Å². The Hall–Kier alpha value is -2.40. The van der Waals surface area contributed by atoms with Gasteiger partial charge < -0.3 is 9.84 Å². The van der Waals surface area contributed by atoms with E-state index in [1.807, 2.05) is 0 Å². The molecule has 11 heteroatoms. The zero-order chi connectivity index (χ0) is 18.9. The summed E-state index contributed by atoms with van der Waals surface area (Å²) >= 11 is 1.17. The van der Waals surface area contributed by atoms with Gasteiger partial charge in [-0.3, -0.25) is 4.40 Å². The highest BCUT2D eigenvalue weighted by Crippen LogP contribution is 2.33. The van der Waals surface area contributed by atoms with Crippen LogP contribution in [0.15, 0.2) is 23.2 Å². The minimum atomic E-state index is -4.73. The van der Waals surface area contributed by atoms with Crippen molar-refractivity contribution in [3.63, 3.8) is 0 Å². The first-order chi connectivity index (χ1) is 12.4. The summed E-state index contributed by atoms with van der Waals surface area (Å²) in [5.74, 6) is -1.42. The van der Waals surface area contributed by atoms with Gasteiger partial charge in [-0.2, -0.15) is 13.2 Å². The van der Waals surface area contributed by atoms with E-state index < -0.39 is 18.0 Å². The number of ether oxygens (including phenoxy) is 1. The summed E-state index contributed by atoms with van der Waals surface area (Å²) < 4.78 is 45.6. The average Bonchev–Trinajstić information content (AvgIpc) is 3.07. The highest BCUT2D eigenvalue weighted by Gasteiger charge is 2.38. The SMILES string of the molecule is COC(=O)c1ccc2nc(SCCCO)c3nnc(C(F)(F)F)n3c2c1. The van der Waals surface area contributed by atoms with Crippen LogP contribution in [0, 0.1) is 0 Å². The first-order valence-electron chi connectivity index (χ1n) is 7.45. The van der Waals surface area contributed by atoms with E-state index in [4.69, 9.17) is 5.11 Å². The number of nitrogens with zero attached hydrogens (tertiary/aromatic N) is 4. The largest absolute Gasteiger partial charge is 0.465 e. The molecular formula is C15H13F3N4O3S. The molecule has 0 aliphatic heterocycles. The predicted octanol–water partition coefficient (Wildman–Crippen LogP) is 2.56. The number of hydrogen-bond donors (Lipinski definition) is 1. The van der Waals surface area contributed by atoms with Crippen LogP contribution in [0.1, 0.15) is 22.6 Å². The van der Waals surface area contributed by atoms with Crippen molar-refractivity contribution in [1.29, 1.82) is 0 Å². The van der Waals surface area contributed by atoms with E-state index in [2.05, 4.69) is 19.9 Å². The number of methoxy groups -OCH3 is 1. The normalized spacial score (nSPS) is 12.0. The van der Waals surface area contributed by atoms with Crippen molar-refractivity contribution in [3.8, 4) is 0 Å². The Bertz CT molecular complexity index is 974. The molecule has 0 aliphatic rings. The van der Waals surface area contributed by atoms with Gasteiger partial charge in [-0.25, -0.2) is 9.78 Å². The van der Waals surface area contributed by atoms with Gasteiger partial charge in [-0.15, -0.1) is 22.0 Å². The number of carbonyl (C=O) groups is 1. The third kappa shape index (κ3) is 3.31. The molecule has 0 spiro atoms. The second kappa shape index (κ2) is 7.08. The Morgan fingerprint density at radius 2 is 2.12 bits per heavy atom. The van der Waals surface area contributed by atoms with Crippen LogP contribution in [-0.2, 0) is 10.9 Å². The summed E-state index contributed by atoms with van der Waals surface area (Å²) in [5.41, 5.74) is 0.328. The van der Waals surface area contributed by atoms with Crippen molar-refractivity contribution >= 4 is 34.4 Å². The minimum absolute atomic E-state index is 0.0418. The summed E-state index contributed by atoms with van der Waals surface area (Å²) in [7, 11) is 1.18. The number of aromatic nitrogens is 4. The van der Waals surface area contributed by atoms with Gasteiger partial charge in [0.15, 0.2) is 5.65 Å². The van der Waals surface area contributed by atoms with Crippen molar-refractivity contribution in [1.82, 2.24) is 19.6 Å². The van der Waals surface area contributed by atoms with Crippen LogP contribution >= 0.6 is 11.8 Å². The molecule has 0 bridgehead atoms. The van der Waals surface area contributed by atoms with Crippen LogP contribution in [0.4, 0.5) is 13.2 Å². The highest BCUT2D eigenvalue weighted by molar-refractivity contribution is 7.99. The molecule has 3 rings (SSSR count). The fourth-order valence-corrected chi connectivity index (χ4v) is 3.26. The van der Waals surface area contributed by atoms with E-state index >= 15 is 0 Å². The lowest BCUT2D eigenvalue weighted by molar-refractivity contribution is -0.145. The third-order valence-corrected chi connectivity index (χ3v) is 4.55. The molecule has 0 unspecified atom stereocenters. The molecule has 2 heterocycles. The maximum absolute atomic E-state index is 13.4. The van der Waals surface area contributed by atoms with Crippen molar-refractivity contribution < 1.29 is 27.8 Å². The maximum Gasteiger partial charge on any atom is 0.452 e. The quantitative estimate of drug-likeness (QED) is 0.409. The smallest absolute Gasteiger partial charge is 0.452 e. The molecule has 0 saturated heterocycles. The van der Waals surface area contributed by atoms with E-state index in [-0.39, 0.29) is 33.9 Å². The van der Waals surface area contributed by atoms with E-state index in [1.165, 1.54) is 37.1 Å². The zero-order valence-corrected chi connectivity index (χ0v) is 14.3. The Morgan fingerprint density at radius 1 is 1.35 bits per heavy atom. The Morgan fingerprint density at radius 3 is 2.77 bits per heavy atom. The minimum Gasteiger partial charge on any atom is -0.465 e. The number of benzene rings is 1. The van der Waals surface area contributed by atoms with Gasteiger partial charge in [0.2, 0.25) is 5.82 Å². The maximum atomic E-state index is 13.4. The second-order valence-electron chi connectivity index (χ2n) is 5.22. The lowest BCUT2D eigenvalue weighted by Crippen LogP contribution is -2.12. The fraction of sp³-hybridized carbons (Fsp3) is 0.333. The van der Waals surface area contributed by atoms with Gasteiger partial charge in [-0.1, -0.05) is 0 Å². The van der Waals surface area contributed by atoms with Crippen LogP contribution in [-0.4, -0.2) is 50.1 Å². The molecular weight excluding hydrogens is 373 g/mol. The van der Waals surface area contributed by atoms with Gasteiger partial charge in [-0.05, 0) is 24.6 Å². The van der Waals surface area contributed by atoms with E-state index in [9.17, 15) is 18.0 Å². The molecule has 1 aromatic carbocycles. The Balaban J connectivity index is 2.29. The lowest BCUT2D eigenvalue weighted by atomic mass is 10.2. The molecule has 2 aromatic heterocycles. The highest BCUT2D eigenvalue weighted by atomic mass is 32.2. The molecule has 0 radical (unpaired) electrons. The van der Waals surface area contributed by atoms with Crippen molar-refractivity contribution in [2.75, 3.05) is 19.5 Å². The Kier molecular flexibility index (Phi) is 5.01. The number of thioether (sulfide) groups is 1. The van der Waals surface area contributed by atoms with Crippen molar-refractivity contribution in [2.24, 2.45) is 0 Å². The monoisotopic (exact) mass is 386 g/mol. The van der Waals surface area contributed by atoms with Crippen LogP contribution in [0.3, 0.4) is 0 Å². The van der Waals surface area contributed by atoms with Crippen LogP contribution in [0.25, 0.3) is 16.7 Å². The van der Waals surface area contributed by atoms with Gasteiger partial charge in [0.1, 0.15) is 5.03 Å². The van der Waals surface area contributed by atoms with E-state index in [0.29, 0.717) is 12.2 Å². The van der Waals surface area contributed by atoms with Gasteiger partial charge in [0.25, 0.3) is 0 Å². The van der Waals surface area contributed by atoms with Crippen LogP contribution in [0.2, 0.25) is 0 Å². The van der Waals surface area contributed by atoms with Crippen LogP contribution in [0.5, 0.6) is 0 Å². The summed E-state index contributed by atoms with van der Waals surface area (Å²) in [6.45, 7) is -0.0418. The number of hydrogen-bond acceptors (Lipinski definition) is 7. The molecule has 1 N–H and O–H groups in total. The van der Waals surface area contributed by atoms with Gasteiger partial charge in [0, 0.05) is 12.4 Å². The van der Waals surface area contributed by atoms with Gasteiger partial charge in [0.05, 0.1) is 23.7 Å². The van der Waals surface area contributed by atoms with Gasteiger partial charge >= 0.3 is 12.1 Å². The number of halogens is 3. The second-order valence-corrected chi connectivity index (χ2v) is 6.30. The molecule has 7 nitrogen and oxygen atoms in total. The molecule has 0 atom stereocenters. The summed E-state index contributed by atoms with van der Waals surface area (Å²) in [4.78, 5) is 16.1. The third-order valence-electron chi connectivity index (χ3n) is 3.51. The van der Waals surface area contributed by atoms with Crippen molar-refractivity contribution in [3.05, 3.63) is 29.6 Å². The standard InChI is InChI=1S/C15H13F3N4O3S/c1-25-13(24)8-3-4-9-10(7-8)22-11(12(19-9)26-6-2-5-23)20-21-14(22)15(16,17)18/h3-4,7,23H,2,5-6H2,1H3. The first-order valence-corrected chi connectivity index (χ1v) is 8.43. The number of rotatable bonds is 5. The number of fused-ring (bicyclic) bond motifs is 3. The van der Waals surface area contributed by atoms with E-state index in [1.54, 1.807) is 0 Å². The molecule has 26 heavy (non-hydrogen) atoms. The Labute approximate surface area is 149 Å². The lowest BCUT2D eigenvalue weighted by Gasteiger charge is -2.10. The molecule has 3 aromatic rings. The number of aliphatic hydroxyl groups excluding tert-OH is 1. The topological polar surface area (TPSA) is 89.6 Å². The first kappa shape index (κ1) is 18.4. The summed E-state index contributed by atoms with van der Waals surface area (Å²) in [6, 6.07) is 4.13. The number of aliphatic hydroxyl groups is 1. The number of carbonyl (C=O) groups excluding carboxylic acids is 1. The fourth-order valence-electron chi connectivity index (χ4n) is 2.37. The zero-order valence-electron chi connectivity index (χ0n) is 13.4. The average molecular weight is 386 g/mol. The molecule has 0 saturated carbocycles. The molecule has 0 fully saturated rings.